The summed E-state index contributed by atoms with van der Waals surface area (Å²) in [6.07, 6.45) is 7.12. The van der Waals surface area contributed by atoms with Crippen LogP contribution in [0.5, 0.6) is 0 Å². The Morgan fingerprint density at radius 1 is 1.40 bits per heavy atom. The molecule has 0 amide bonds. The molecule has 1 aromatic rings. The standard InChI is InChI=1S/C15H17ClN2O2/c1-9(13-7-10-2-3-11(13)6-10)17-12-4-5-14(16)15(8-12)18(19)20/h2-5,8-11,13,17H,6-7H2,1H3. The van der Waals surface area contributed by atoms with E-state index in [-0.39, 0.29) is 10.7 Å². The molecular formula is C15H17ClN2O2. The van der Waals surface area contributed by atoms with Gasteiger partial charge in [-0.1, -0.05) is 23.8 Å². The minimum atomic E-state index is -0.446. The van der Waals surface area contributed by atoms with Crippen molar-refractivity contribution in [3.8, 4) is 0 Å². The average Bonchev–Trinajstić information content (AvgIpc) is 3.03. The number of rotatable bonds is 4. The largest absolute Gasteiger partial charge is 0.382 e. The summed E-state index contributed by atoms with van der Waals surface area (Å²) in [5, 5.41) is 14.5. The van der Waals surface area contributed by atoms with Gasteiger partial charge in [-0.15, -0.1) is 0 Å². The molecular weight excluding hydrogens is 276 g/mol. The van der Waals surface area contributed by atoms with Gasteiger partial charge in [0.25, 0.3) is 5.69 Å². The highest BCUT2D eigenvalue weighted by Gasteiger charge is 2.38. The van der Waals surface area contributed by atoms with Gasteiger partial charge in [0, 0.05) is 17.8 Å². The van der Waals surface area contributed by atoms with E-state index >= 15 is 0 Å². The molecule has 1 aromatic carbocycles. The second-order valence-electron chi connectivity index (χ2n) is 5.80. The van der Waals surface area contributed by atoms with Crippen molar-refractivity contribution in [2.45, 2.75) is 25.8 Å². The molecule has 0 heterocycles. The SMILES string of the molecule is CC(Nc1ccc(Cl)c([N+](=O)[O-])c1)C1CC2C=CC1C2. The highest BCUT2D eigenvalue weighted by atomic mass is 35.5. The van der Waals surface area contributed by atoms with E-state index in [9.17, 15) is 10.1 Å². The highest BCUT2D eigenvalue weighted by Crippen LogP contribution is 2.45. The summed E-state index contributed by atoms with van der Waals surface area (Å²) in [6.45, 7) is 2.15. The monoisotopic (exact) mass is 292 g/mol. The van der Waals surface area contributed by atoms with Gasteiger partial charge in [-0.25, -0.2) is 0 Å². The second-order valence-corrected chi connectivity index (χ2v) is 6.21. The lowest BCUT2D eigenvalue weighted by atomic mass is 9.87. The van der Waals surface area contributed by atoms with Crippen LogP contribution >= 0.6 is 11.6 Å². The smallest absolute Gasteiger partial charge is 0.289 e. The topological polar surface area (TPSA) is 55.2 Å². The highest BCUT2D eigenvalue weighted by molar-refractivity contribution is 6.32. The van der Waals surface area contributed by atoms with Crippen molar-refractivity contribution in [3.63, 3.8) is 0 Å². The van der Waals surface area contributed by atoms with Crippen molar-refractivity contribution < 1.29 is 4.92 Å². The predicted molar refractivity (Wildman–Crippen MR) is 80.0 cm³/mol. The number of anilines is 1. The third kappa shape index (κ3) is 2.40. The number of nitrogens with zero attached hydrogens (tertiary/aromatic N) is 1. The fraction of sp³-hybridized carbons (Fsp3) is 0.467. The molecule has 4 nitrogen and oxygen atoms in total. The molecule has 2 bridgehead atoms. The van der Waals surface area contributed by atoms with Crippen LogP contribution in [0.25, 0.3) is 0 Å². The van der Waals surface area contributed by atoms with Crippen molar-refractivity contribution in [1.29, 1.82) is 0 Å². The molecule has 2 aliphatic rings. The van der Waals surface area contributed by atoms with Crippen molar-refractivity contribution in [1.82, 2.24) is 0 Å². The summed E-state index contributed by atoms with van der Waals surface area (Å²) < 4.78 is 0. The van der Waals surface area contributed by atoms with Gasteiger partial charge in [-0.2, -0.15) is 0 Å². The van der Waals surface area contributed by atoms with Crippen LogP contribution in [-0.4, -0.2) is 11.0 Å². The zero-order valence-electron chi connectivity index (χ0n) is 11.3. The van der Waals surface area contributed by atoms with Gasteiger partial charge in [-0.3, -0.25) is 10.1 Å². The fourth-order valence-electron chi connectivity index (χ4n) is 3.51. The van der Waals surface area contributed by atoms with Crippen LogP contribution < -0.4 is 5.32 Å². The molecule has 1 saturated carbocycles. The Morgan fingerprint density at radius 2 is 2.20 bits per heavy atom. The van der Waals surface area contributed by atoms with Gasteiger partial charge in [0.15, 0.2) is 0 Å². The van der Waals surface area contributed by atoms with Crippen molar-refractivity contribution in [3.05, 3.63) is 45.5 Å². The van der Waals surface area contributed by atoms with Crippen LogP contribution in [0.15, 0.2) is 30.4 Å². The molecule has 0 spiro atoms. The minimum Gasteiger partial charge on any atom is -0.382 e. The molecule has 4 atom stereocenters. The first-order valence-corrected chi connectivity index (χ1v) is 7.31. The molecule has 5 heteroatoms. The van der Waals surface area contributed by atoms with Crippen LogP contribution in [-0.2, 0) is 0 Å². The van der Waals surface area contributed by atoms with Crippen LogP contribution in [0.2, 0.25) is 5.02 Å². The van der Waals surface area contributed by atoms with Crippen molar-refractivity contribution in [2.24, 2.45) is 17.8 Å². The van der Waals surface area contributed by atoms with Gasteiger partial charge in [0.1, 0.15) is 5.02 Å². The van der Waals surface area contributed by atoms with Crippen LogP contribution in [0.1, 0.15) is 19.8 Å². The van der Waals surface area contributed by atoms with E-state index in [1.807, 2.05) is 0 Å². The first-order chi connectivity index (χ1) is 9.54. The molecule has 0 radical (unpaired) electrons. The van der Waals surface area contributed by atoms with Gasteiger partial charge in [0.2, 0.25) is 0 Å². The molecule has 20 heavy (non-hydrogen) atoms. The minimum absolute atomic E-state index is 0.0447. The van der Waals surface area contributed by atoms with E-state index in [2.05, 4.69) is 24.4 Å². The van der Waals surface area contributed by atoms with Crippen molar-refractivity contribution in [2.75, 3.05) is 5.32 Å². The summed E-state index contributed by atoms with van der Waals surface area (Å²) in [5.74, 6) is 2.00. The first-order valence-electron chi connectivity index (χ1n) is 6.93. The summed E-state index contributed by atoms with van der Waals surface area (Å²) in [4.78, 5) is 10.5. The molecule has 1 fully saturated rings. The lowest BCUT2D eigenvalue weighted by Crippen LogP contribution is -2.28. The van der Waals surface area contributed by atoms with E-state index in [1.54, 1.807) is 12.1 Å². The van der Waals surface area contributed by atoms with Gasteiger partial charge in [-0.05, 0) is 49.7 Å². The first kappa shape index (κ1) is 13.4. The van der Waals surface area contributed by atoms with E-state index in [0.29, 0.717) is 17.9 Å². The third-order valence-electron chi connectivity index (χ3n) is 4.51. The maximum Gasteiger partial charge on any atom is 0.289 e. The molecule has 0 saturated heterocycles. The lowest BCUT2D eigenvalue weighted by Gasteiger charge is -2.27. The Morgan fingerprint density at radius 3 is 2.80 bits per heavy atom. The molecule has 4 unspecified atom stereocenters. The van der Waals surface area contributed by atoms with E-state index < -0.39 is 4.92 Å². The number of benzene rings is 1. The molecule has 1 N–H and O–H groups in total. The predicted octanol–water partition coefficient (Wildman–Crippen LogP) is 4.26. The Labute approximate surface area is 123 Å². The van der Waals surface area contributed by atoms with Crippen LogP contribution in [0.3, 0.4) is 0 Å². The summed E-state index contributed by atoms with van der Waals surface area (Å²) in [6, 6.07) is 5.20. The quantitative estimate of drug-likeness (QED) is 0.512. The van der Waals surface area contributed by atoms with Crippen molar-refractivity contribution >= 4 is 23.0 Å². The maximum absolute atomic E-state index is 10.9. The van der Waals surface area contributed by atoms with Gasteiger partial charge in [0.05, 0.1) is 4.92 Å². The molecule has 106 valence electrons. The summed E-state index contributed by atoms with van der Waals surface area (Å²) >= 11 is 5.83. The number of nitrogens with one attached hydrogen (secondary N) is 1. The Hall–Kier alpha value is -1.55. The zero-order valence-corrected chi connectivity index (χ0v) is 12.0. The number of hydrogen-bond acceptors (Lipinski definition) is 3. The number of nitro groups is 1. The zero-order chi connectivity index (χ0) is 14.3. The summed E-state index contributed by atoms with van der Waals surface area (Å²) in [7, 11) is 0. The van der Waals surface area contributed by atoms with Crippen LogP contribution in [0, 0.1) is 27.9 Å². The maximum atomic E-state index is 10.9. The average molecular weight is 293 g/mol. The lowest BCUT2D eigenvalue weighted by molar-refractivity contribution is -0.384. The number of nitro benzene ring substituents is 1. The number of halogens is 1. The fourth-order valence-corrected chi connectivity index (χ4v) is 3.70. The second kappa shape index (κ2) is 5.09. The van der Waals surface area contributed by atoms with E-state index in [4.69, 9.17) is 11.6 Å². The molecule has 0 aromatic heterocycles. The Bertz CT molecular complexity index is 573. The third-order valence-corrected chi connectivity index (χ3v) is 4.83. The molecule has 3 rings (SSSR count). The Kier molecular flexibility index (Phi) is 3.42. The number of hydrogen-bond donors (Lipinski definition) is 1. The molecule has 0 aliphatic heterocycles. The normalized spacial score (nSPS) is 28.6. The van der Waals surface area contributed by atoms with Gasteiger partial charge >= 0.3 is 0 Å². The van der Waals surface area contributed by atoms with E-state index in [0.717, 1.165) is 11.6 Å². The summed E-state index contributed by atoms with van der Waals surface area (Å²) in [5.41, 5.74) is 0.719. The van der Waals surface area contributed by atoms with E-state index in [1.165, 1.54) is 18.9 Å². The number of allylic oxidation sites excluding steroid dienone is 2. The molecule has 2 aliphatic carbocycles. The van der Waals surface area contributed by atoms with Gasteiger partial charge < -0.3 is 5.32 Å². The number of fused-ring (bicyclic) bond motifs is 2. The Balaban J connectivity index is 1.73. The van der Waals surface area contributed by atoms with Crippen LogP contribution in [0.4, 0.5) is 11.4 Å².